The zero-order valence-corrected chi connectivity index (χ0v) is 26.0. The van der Waals surface area contributed by atoms with E-state index in [1.807, 2.05) is 0 Å². The SMILES string of the molecule is COc1cc(F)c([C@@H]2CN(c3nc(N4C[C@@H](C)N(C)[C@@H](C)C4)ccc3OC)C(=O)C2NC(=O)c2ccc(OC(F)F)cc2)c(F)c1. The van der Waals surface area contributed by atoms with Crippen molar-refractivity contribution >= 4 is 23.5 Å². The van der Waals surface area contributed by atoms with Crippen LogP contribution < -0.4 is 29.3 Å². The molecule has 46 heavy (non-hydrogen) atoms. The Morgan fingerprint density at radius 3 is 2.13 bits per heavy atom. The number of amides is 2. The van der Waals surface area contributed by atoms with Crippen molar-refractivity contribution in [2.24, 2.45) is 0 Å². The average molecular weight is 646 g/mol. The van der Waals surface area contributed by atoms with Crippen LogP contribution in [-0.4, -0.2) is 87.3 Å². The number of carbonyl (C=O) groups is 2. The fraction of sp³-hybridized carbons (Fsp3) is 0.406. The van der Waals surface area contributed by atoms with Crippen LogP contribution in [0.3, 0.4) is 0 Å². The summed E-state index contributed by atoms with van der Waals surface area (Å²) >= 11 is 0. The number of hydrogen-bond donors (Lipinski definition) is 1. The molecule has 0 radical (unpaired) electrons. The summed E-state index contributed by atoms with van der Waals surface area (Å²) in [6, 6.07) is 9.31. The molecule has 2 aliphatic rings. The van der Waals surface area contributed by atoms with Gasteiger partial charge in [0.05, 0.1) is 14.2 Å². The minimum absolute atomic E-state index is 0.0123. The number of carbonyl (C=O) groups excluding carboxylic acids is 2. The predicted molar refractivity (Wildman–Crippen MR) is 162 cm³/mol. The number of pyridine rings is 1. The molecule has 0 bridgehead atoms. The van der Waals surface area contributed by atoms with Gasteiger partial charge in [-0.2, -0.15) is 8.78 Å². The molecule has 14 heteroatoms. The van der Waals surface area contributed by atoms with E-state index < -0.39 is 47.6 Å². The average Bonchev–Trinajstić information content (AvgIpc) is 3.33. The van der Waals surface area contributed by atoms with Gasteiger partial charge in [-0.15, -0.1) is 0 Å². The van der Waals surface area contributed by atoms with Gasteiger partial charge in [0.15, 0.2) is 11.6 Å². The molecule has 2 aromatic carbocycles. The lowest BCUT2D eigenvalue weighted by Gasteiger charge is -2.43. The summed E-state index contributed by atoms with van der Waals surface area (Å²) < 4.78 is 71.0. The first-order valence-corrected chi connectivity index (χ1v) is 14.6. The first-order chi connectivity index (χ1) is 21.9. The standard InChI is InChI=1S/C32H35F4N5O5/c1-17-14-40(15-18(2)39(17)3)26-11-10-25(45-5)29(37-26)41-16-22(27-23(33)12-21(44-4)13-24(27)34)28(31(41)43)38-30(42)19-6-8-20(9-7-19)46-32(35)36/h6-13,17-18,22,28,32H,14-16H2,1-5H3,(H,38,42)/t17-,18+,22-,28?/m0/s1. The normalized spacial score (nSPS) is 21.9. The molecule has 2 saturated heterocycles. The highest BCUT2D eigenvalue weighted by molar-refractivity contribution is 6.05. The van der Waals surface area contributed by atoms with Gasteiger partial charge in [0.25, 0.3) is 11.8 Å². The number of aromatic nitrogens is 1. The lowest BCUT2D eigenvalue weighted by atomic mass is 9.92. The lowest BCUT2D eigenvalue weighted by molar-refractivity contribution is -0.118. The Morgan fingerprint density at radius 2 is 1.57 bits per heavy atom. The monoisotopic (exact) mass is 645 g/mol. The van der Waals surface area contributed by atoms with E-state index in [0.29, 0.717) is 18.9 Å². The predicted octanol–water partition coefficient (Wildman–Crippen LogP) is 4.44. The van der Waals surface area contributed by atoms with Crippen LogP contribution in [0, 0.1) is 11.6 Å². The summed E-state index contributed by atoms with van der Waals surface area (Å²) in [5, 5.41) is 2.60. The second-order valence-electron chi connectivity index (χ2n) is 11.4. The Labute approximate surface area is 263 Å². The molecule has 2 fully saturated rings. The molecule has 1 unspecified atom stereocenters. The van der Waals surface area contributed by atoms with E-state index in [4.69, 9.17) is 14.5 Å². The summed E-state index contributed by atoms with van der Waals surface area (Å²) in [6.07, 6.45) is 0. The molecule has 0 aliphatic carbocycles. The topological polar surface area (TPSA) is 96.5 Å². The van der Waals surface area contributed by atoms with Crippen molar-refractivity contribution in [3.63, 3.8) is 0 Å². The number of piperazine rings is 1. The highest BCUT2D eigenvalue weighted by Crippen LogP contribution is 2.39. The van der Waals surface area contributed by atoms with Crippen LogP contribution >= 0.6 is 0 Å². The Bertz CT molecular complexity index is 1560. The molecule has 3 heterocycles. The maximum absolute atomic E-state index is 15.5. The van der Waals surface area contributed by atoms with Crippen molar-refractivity contribution in [2.45, 2.75) is 44.5 Å². The third-order valence-corrected chi connectivity index (χ3v) is 8.58. The Morgan fingerprint density at radius 1 is 0.935 bits per heavy atom. The summed E-state index contributed by atoms with van der Waals surface area (Å²) in [6.45, 7) is 2.27. The number of ether oxygens (including phenoxy) is 3. The van der Waals surface area contributed by atoms with E-state index in [-0.39, 0.29) is 47.3 Å². The number of benzene rings is 2. The number of nitrogens with zero attached hydrogens (tertiary/aromatic N) is 4. The number of anilines is 2. The second kappa shape index (κ2) is 13.4. The minimum Gasteiger partial charge on any atom is -0.497 e. The summed E-state index contributed by atoms with van der Waals surface area (Å²) in [4.78, 5) is 37.8. The molecule has 3 aromatic rings. The summed E-state index contributed by atoms with van der Waals surface area (Å²) in [5.41, 5.74) is -0.405. The lowest BCUT2D eigenvalue weighted by Crippen LogP contribution is -2.55. The largest absolute Gasteiger partial charge is 0.497 e. The molecule has 0 spiro atoms. The fourth-order valence-corrected chi connectivity index (χ4v) is 5.93. The molecule has 246 valence electrons. The Kier molecular flexibility index (Phi) is 9.56. The van der Waals surface area contributed by atoms with Gasteiger partial charge in [-0.1, -0.05) is 0 Å². The molecule has 0 saturated carbocycles. The van der Waals surface area contributed by atoms with Gasteiger partial charge in [-0.25, -0.2) is 13.8 Å². The first kappa shape index (κ1) is 32.8. The Hall–Kier alpha value is -4.59. The molecule has 4 atom stereocenters. The van der Waals surface area contributed by atoms with Crippen molar-refractivity contribution in [1.82, 2.24) is 15.2 Å². The van der Waals surface area contributed by atoms with E-state index >= 15 is 8.78 Å². The molecule has 1 N–H and O–H groups in total. The quantitative estimate of drug-likeness (QED) is 0.342. The molecule has 2 aliphatic heterocycles. The van der Waals surface area contributed by atoms with Gasteiger partial charge in [0.1, 0.15) is 35.0 Å². The number of likely N-dealkylation sites (N-methyl/N-ethyl adjacent to an activating group) is 1. The van der Waals surface area contributed by atoms with Gasteiger partial charge in [-0.05, 0) is 57.3 Å². The van der Waals surface area contributed by atoms with Crippen LogP contribution in [0.1, 0.15) is 35.7 Å². The van der Waals surface area contributed by atoms with Crippen LogP contribution in [0.25, 0.3) is 0 Å². The van der Waals surface area contributed by atoms with Gasteiger partial charge < -0.3 is 24.4 Å². The second-order valence-corrected chi connectivity index (χ2v) is 11.4. The first-order valence-electron chi connectivity index (χ1n) is 14.6. The van der Waals surface area contributed by atoms with Gasteiger partial charge in [-0.3, -0.25) is 19.4 Å². The summed E-state index contributed by atoms with van der Waals surface area (Å²) in [5.74, 6) is -3.80. The number of nitrogens with one attached hydrogen (secondary N) is 1. The maximum atomic E-state index is 15.5. The molecular weight excluding hydrogens is 610 g/mol. The number of methoxy groups -OCH3 is 2. The third-order valence-electron chi connectivity index (χ3n) is 8.58. The third kappa shape index (κ3) is 6.52. The number of alkyl halides is 2. The zero-order valence-electron chi connectivity index (χ0n) is 26.0. The van der Waals surface area contributed by atoms with Gasteiger partial charge >= 0.3 is 6.61 Å². The minimum atomic E-state index is -3.05. The highest BCUT2D eigenvalue weighted by Gasteiger charge is 2.46. The highest BCUT2D eigenvalue weighted by atomic mass is 19.3. The van der Waals surface area contributed by atoms with E-state index in [1.165, 1.54) is 43.4 Å². The number of hydrogen-bond acceptors (Lipinski definition) is 8. The van der Waals surface area contributed by atoms with Crippen LogP contribution in [0.5, 0.6) is 17.2 Å². The van der Waals surface area contributed by atoms with Crippen molar-refractivity contribution < 1.29 is 41.4 Å². The van der Waals surface area contributed by atoms with Crippen molar-refractivity contribution in [3.05, 3.63) is 71.3 Å². The van der Waals surface area contributed by atoms with Crippen molar-refractivity contribution in [2.75, 3.05) is 50.7 Å². The summed E-state index contributed by atoms with van der Waals surface area (Å²) in [7, 11) is 4.74. The van der Waals surface area contributed by atoms with E-state index in [9.17, 15) is 18.4 Å². The zero-order chi connectivity index (χ0) is 33.3. The van der Waals surface area contributed by atoms with E-state index in [0.717, 1.165) is 12.1 Å². The van der Waals surface area contributed by atoms with Crippen molar-refractivity contribution in [3.8, 4) is 17.2 Å². The fourth-order valence-electron chi connectivity index (χ4n) is 5.93. The van der Waals surface area contributed by atoms with Crippen molar-refractivity contribution in [1.29, 1.82) is 0 Å². The van der Waals surface area contributed by atoms with Crippen LogP contribution in [0.4, 0.5) is 29.2 Å². The maximum Gasteiger partial charge on any atom is 0.387 e. The number of halogens is 4. The van der Waals surface area contributed by atoms with E-state index in [2.05, 4.69) is 40.7 Å². The van der Waals surface area contributed by atoms with Crippen LogP contribution in [0.15, 0.2) is 48.5 Å². The van der Waals surface area contributed by atoms with E-state index in [1.54, 1.807) is 12.1 Å². The molecule has 2 amide bonds. The van der Waals surface area contributed by atoms with Crippen LogP contribution in [-0.2, 0) is 4.79 Å². The van der Waals surface area contributed by atoms with Gasteiger partial charge in [0, 0.05) is 60.9 Å². The molecule has 1 aromatic heterocycles. The molecular formula is C32H35F4N5O5. The Balaban J connectivity index is 1.52. The molecule has 5 rings (SSSR count). The number of rotatable bonds is 9. The van der Waals surface area contributed by atoms with Gasteiger partial charge in [0.2, 0.25) is 0 Å². The van der Waals surface area contributed by atoms with Crippen LogP contribution in [0.2, 0.25) is 0 Å². The molecule has 10 nitrogen and oxygen atoms in total. The smallest absolute Gasteiger partial charge is 0.387 e.